The third kappa shape index (κ3) is 1.43. The lowest BCUT2D eigenvalue weighted by Gasteiger charge is -2.02. The highest BCUT2D eigenvalue weighted by Gasteiger charge is 2.09. The zero-order valence-electron chi connectivity index (χ0n) is 8.86. The minimum atomic E-state index is 1.24. The lowest BCUT2D eigenvalue weighted by molar-refractivity contribution is -0.744. The summed E-state index contributed by atoms with van der Waals surface area (Å²) in [6.07, 6.45) is 4.26. The second-order valence-electron chi connectivity index (χ2n) is 3.71. The summed E-state index contributed by atoms with van der Waals surface area (Å²) < 4.78 is 4.25. The van der Waals surface area contributed by atoms with Crippen LogP contribution in [0.5, 0.6) is 0 Å². The van der Waals surface area contributed by atoms with Crippen molar-refractivity contribution < 1.29 is 4.68 Å². The summed E-state index contributed by atoms with van der Waals surface area (Å²) >= 11 is 0. The first-order valence-electron chi connectivity index (χ1n) is 4.79. The minimum absolute atomic E-state index is 1.24. The van der Waals surface area contributed by atoms with E-state index in [0.29, 0.717) is 0 Å². The van der Waals surface area contributed by atoms with Gasteiger partial charge in [-0.15, -0.1) is 9.36 Å². The smallest absolute Gasteiger partial charge is 0.128 e. The van der Waals surface area contributed by atoms with Crippen molar-refractivity contribution in [3.8, 4) is 5.69 Å². The highest BCUT2D eigenvalue weighted by atomic mass is 15.4. The van der Waals surface area contributed by atoms with Crippen molar-refractivity contribution in [2.75, 3.05) is 0 Å². The van der Waals surface area contributed by atoms with Gasteiger partial charge in [0.2, 0.25) is 0 Å². The Labute approximate surface area is 84.4 Å². The van der Waals surface area contributed by atoms with Crippen molar-refractivity contribution in [3.05, 3.63) is 47.8 Å². The zero-order chi connectivity index (χ0) is 10.1. The van der Waals surface area contributed by atoms with Crippen LogP contribution in [-0.2, 0) is 7.05 Å². The Morgan fingerprint density at radius 2 is 1.86 bits per heavy atom. The molecule has 0 radical (unpaired) electrons. The summed E-state index contributed by atoms with van der Waals surface area (Å²) in [6, 6.07) is 8.40. The molecule has 0 atom stereocenters. The van der Waals surface area contributed by atoms with Gasteiger partial charge in [-0.05, 0) is 25.5 Å². The summed E-state index contributed by atoms with van der Waals surface area (Å²) in [5, 5.41) is 0. The molecular weight excluding hydrogens is 172 g/mol. The van der Waals surface area contributed by atoms with Crippen LogP contribution in [0, 0.1) is 13.8 Å². The highest BCUT2D eigenvalue weighted by molar-refractivity contribution is 5.38. The maximum absolute atomic E-state index is 2.16. The van der Waals surface area contributed by atoms with Crippen molar-refractivity contribution in [3.63, 3.8) is 0 Å². The number of hydrogen-bond donors (Lipinski definition) is 0. The van der Waals surface area contributed by atoms with Gasteiger partial charge in [-0.1, -0.05) is 18.2 Å². The Hall–Kier alpha value is -1.57. The highest BCUT2D eigenvalue weighted by Crippen LogP contribution is 2.11. The van der Waals surface area contributed by atoms with Gasteiger partial charge in [0.15, 0.2) is 13.2 Å². The number of hydrogen-bond acceptors (Lipinski definition) is 0. The van der Waals surface area contributed by atoms with Crippen LogP contribution < -0.4 is 4.68 Å². The normalized spacial score (nSPS) is 10.5. The van der Waals surface area contributed by atoms with E-state index in [0.717, 1.165) is 0 Å². The van der Waals surface area contributed by atoms with Crippen LogP contribution in [0.4, 0.5) is 0 Å². The second kappa shape index (κ2) is 3.29. The summed E-state index contributed by atoms with van der Waals surface area (Å²) in [6.45, 7) is 4.24. The number of nitrogens with zero attached hydrogens (tertiary/aromatic N) is 2. The van der Waals surface area contributed by atoms with E-state index in [-0.39, 0.29) is 0 Å². The van der Waals surface area contributed by atoms with Gasteiger partial charge in [-0.2, -0.15) is 0 Å². The molecule has 1 heterocycles. The Kier molecular flexibility index (Phi) is 2.12. The quantitative estimate of drug-likeness (QED) is 0.603. The molecule has 2 nitrogen and oxygen atoms in total. The van der Waals surface area contributed by atoms with Gasteiger partial charge in [0.1, 0.15) is 5.69 Å². The average molecular weight is 187 g/mol. The first kappa shape index (κ1) is 9.00. The van der Waals surface area contributed by atoms with Crippen LogP contribution in [0.25, 0.3) is 5.69 Å². The number of para-hydroxylation sites is 1. The van der Waals surface area contributed by atoms with E-state index in [4.69, 9.17) is 0 Å². The first-order valence-corrected chi connectivity index (χ1v) is 4.79. The van der Waals surface area contributed by atoms with E-state index in [1.165, 1.54) is 16.8 Å². The maximum Gasteiger partial charge on any atom is 0.198 e. The Balaban J connectivity index is 2.60. The molecule has 0 N–H and O–H groups in total. The molecule has 2 heteroatoms. The second-order valence-corrected chi connectivity index (χ2v) is 3.71. The average Bonchev–Trinajstić information content (AvgIpc) is 2.46. The molecule has 0 fully saturated rings. The fraction of sp³-hybridized carbons (Fsp3) is 0.250. The van der Waals surface area contributed by atoms with E-state index in [9.17, 15) is 0 Å². The third-order valence-corrected chi connectivity index (χ3v) is 2.42. The molecule has 2 rings (SSSR count). The summed E-state index contributed by atoms with van der Waals surface area (Å²) in [5.74, 6) is 0. The maximum atomic E-state index is 2.16. The number of rotatable bonds is 1. The van der Waals surface area contributed by atoms with Crippen molar-refractivity contribution in [2.24, 2.45) is 7.05 Å². The summed E-state index contributed by atoms with van der Waals surface area (Å²) in [7, 11) is 2.06. The predicted octanol–water partition coefficient (Wildman–Crippen LogP) is 1.92. The predicted molar refractivity (Wildman–Crippen MR) is 56.4 cm³/mol. The molecule has 0 amide bonds. The van der Waals surface area contributed by atoms with Crippen molar-refractivity contribution in [1.29, 1.82) is 0 Å². The minimum Gasteiger partial charge on any atom is -0.128 e. The molecular formula is C12H15N2+. The van der Waals surface area contributed by atoms with Gasteiger partial charge < -0.3 is 0 Å². The monoisotopic (exact) mass is 187 g/mol. The number of aromatic nitrogens is 2. The van der Waals surface area contributed by atoms with Crippen LogP contribution in [0.3, 0.4) is 0 Å². The Morgan fingerprint density at radius 1 is 1.14 bits per heavy atom. The van der Waals surface area contributed by atoms with Crippen LogP contribution >= 0.6 is 0 Å². The molecule has 0 aliphatic rings. The van der Waals surface area contributed by atoms with E-state index in [2.05, 4.69) is 66.9 Å². The molecule has 14 heavy (non-hydrogen) atoms. The molecule has 0 unspecified atom stereocenters. The number of aryl methyl sites for hydroxylation is 3. The molecule has 1 aromatic carbocycles. The van der Waals surface area contributed by atoms with Gasteiger partial charge >= 0.3 is 0 Å². The van der Waals surface area contributed by atoms with Gasteiger partial charge in [0.05, 0.1) is 6.20 Å². The van der Waals surface area contributed by atoms with E-state index < -0.39 is 0 Å². The van der Waals surface area contributed by atoms with E-state index in [1.807, 2.05) is 0 Å². The molecule has 0 saturated heterocycles. The third-order valence-electron chi connectivity index (χ3n) is 2.42. The summed E-state index contributed by atoms with van der Waals surface area (Å²) in [5.41, 5.74) is 3.80. The molecule has 0 saturated carbocycles. The first-order chi connectivity index (χ1) is 6.68. The Morgan fingerprint density at radius 3 is 2.43 bits per heavy atom. The van der Waals surface area contributed by atoms with Crippen molar-refractivity contribution >= 4 is 0 Å². The molecule has 1 aromatic heterocycles. The zero-order valence-corrected chi connectivity index (χ0v) is 8.86. The van der Waals surface area contributed by atoms with Gasteiger partial charge in [-0.3, -0.25) is 0 Å². The molecule has 0 aliphatic heterocycles. The van der Waals surface area contributed by atoms with Crippen LogP contribution in [-0.4, -0.2) is 4.68 Å². The topological polar surface area (TPSA) is 8.81 Å². The molecule has 72 valence electrons. The standard InChI is InChI=1S/C12H15N2/c1-10-8-13(3)14(9-10)12-7-5-4-6-11(12)2/h4-9H,1-3H3/q+1. The molecule has 0 aliphatic carbocycles. The fourth-order valence-corrected chi connectivity index (χ4v) is 1.73. The molecule has 0 bridgehead atoms. The lowest BCUT2D eigenvalue weighted by atomic mass is 10.2. The number of benzene rings is 1. The van der Waals surface area contributed by atoms with Gasteiger partial charge in [0.25, 0.3) is 0 Å². The van der Waals surface area contributed by atoms with Crippen LogP contribution in [0.1, 0.15) is 11.1 Å². The van der Waals surface area contributed by atoms with Gasteiger partial charge in [0, 0.05) is 5.56 Å². The lowest BCUT2D eigenvalue weighted by Crippen LogP contribution is -2.36. The van der Waals surface area contributed by atoms with E-state index in [1.54, 1.807) is 0 Å². The van der Waals surface area contributed by atoms with Crippen LogP contribution in [0.15, 0.2) is 36.7 Å². The largest absolute Gasteiger partial charge is 0.198 e. The van der Waals surface area contributed by atoms with Crippen LogP contribution in [0.2, 0.25) is 0 Å². The van der Waals surface area contributed by atoms with Crippen molar-refractivity contribution in [2.45, 2.75) is 13.8 Å². The Bertz CT molecular complexity index is 455. The SMILES string of the molecule is Cc1cn(-c2ccccc2C)[n+](C)c1. The van der Waals surface area contributed by atoms with Gasteiger partial charge in [-0.25, -0.2) is 0 Å². The molecule has 2 aromatic rings. The fourth-order valence-electron chi connectivity index (χ4n) is 1.73. The summed E-state index contributed by atoms with van der Waals surface area (Å²) in [4.78, 5) is 0. The molecule has 0 spiro atoms. The van der Waals surface area contributed by atoms with E-state index >= 15 is 0 Å². The van der Waals surface area contributed by atoms with Crippen molar-refractivity contribution in [1.82, 2.24) is 4.68 Å².